The van der Waals surface area contributed by atoms with Crippen molar-refractivity contribution in [2.24, 2.45) is 0 Å². The van der Waals surface area contributed by atoms with Gasteiger partial charge in [-0.1, -0.05) is 18.2 Å². The van der Waals surface area contributed by atoms with Crippen molar-refractivity contribution in [1.82, 2.24) is 0 Å². The first kappa shape index (κ1) is 8.47. The minimum Gasteiger partial charge on any atom is -0.292 e. The molecule has 0 saturated carbocycles. The van der Waals surface area contributed by atoms with Gasteiger partial charge in [-0.3, -0.25) is 6.58 Å². The molecule has 0 bridgehead atoms. The zero-order valence-electron chi connectivity index (χ0n) is 4.87. The fourth-order valence-electron chi connectivity index (χ4n) is 0.564. The molecule has 0 nitrogen and oxygen atoms in total. The molecule has 0 saturated heterocycles. The topological polar surface area (TPSA) is 0 Å². The van der Waals surface area contributed by atoms with Crippen molar-refractivity contribution in [3.8, 4) is 0 Å². The molecule has 0 N–H and O–H groups in total. The molecule has 1 rings (SSSR count). The molecule has 0 unspecified atom stereocenters. The average molecular weight is 162 g/mol. The molecule has 0 fully saturated rings. The van der Waals surface area contributed by atoms with E-state index < -0.39 is 0 Å². The van der Waals surface area contributed by atoms with E-state index in [0.29, 0.717) is 0 Å². The van der Waals surface area contributed by atoms with Crippen molar-refractivity contribution in [3.63, 3.8) is 0 Å². The summed E-state index contributed by atoms with van der Waals surface area (Å²) in [5.41, 5.74) is 1.06. The molecule has 0 aromatic heterocycles. The molecule has 9 heavy (non-hydrogen) atoms. The van der Waals surface area contributed by atoms with Gasteiger partial charge in [0.2, 0.25) is 0 Å². The van der Waals surface area contributed by atoms with E-state index in [1.165, 1.54) is 0 Å². The largest absolute Gasteiger partial charge is 0.292 e. The number of rotatable bonds is 1. The van der Waals surface area contributed by atoms with E-state index >= 15 is 0 Å². The second kappa shape index (κ2) is 4.36. The van der Waals surface area contributed by atoms with Gasteiger partial charge in [0, 0.05) is 16.8 Å². The van der Waals surface area contributed by atoms with Gasteiger partial charge >= 0.3 is 0 Å². The first-order chi connectivity index (χ1) is 3.93. The van der Waals surface area contributed by atoms with E-state index in [2.05, 4.69) is 0 Å². The van der Waals surface area contributed by atoms with E-state index in [1.807, 2.05) is 30.3 Å². The second-order valence-electron chi connectivity index (χ2n) is 1.58. The van der Waals surface area contributed by atoms with E-state index in [-0.39, 0.29) is 16.8 Å². The maximum atomic E-state index is 5.22. The molecule has 1 aromatic carbocycles. The summed E-state index contributed by atoms with van der Waals surface area (Å²) < 4.78 is 0. The molecule has 0 amide bonds. The van der Waals surface area contributed by atoms with Crippen LogP contribution < -0.4 is 0 Å². The summed E-state index contributed by atoms with van der Waals surface area (Å²) in [6.07, 6.45) is 1.58. The number of hydrogen-bond acceptors (Lipinski definition) is 0. The summed E-state index contributed by atoms with van der Waals surface area (Å²) in [6.45, 7) is 5.22. The molecule has 0 atom stereocenters. The van der Waals surface area contributed by atoms with Crippen LogP contribution in [0.25, 0.3) is 6.08 Å². The van der Waals surface area contributed by atoms with Crippen LogP contribution in [0.4, 0.5) is 0 Å². The van der Waals surface area contributed by atoms with Crippen LogP contribution in [0.3, 0.4) is 0 Å². The van der Waals surface area contributed by atoms with E-state index in [9.17, 15) is 0 Å². The minimum atomic E-state index is 0. The molecular formula is C8H7Co-. The van der Waals surface area contributed by atoms with Crippen LogP contribution in [0.15, 0.2) is 30.3 Å². The van der Waals surface area contributed by atoms with Gasteiger partial charge in [0.05, 0.1) is 0 Å². The Morgan fingerprint density at radius 2 is 1.67 bits per heavy atom. The van der Waals surface area contributed by atoms with Crippen molar-refractivity contribution < 1.29 is 16.8 Å². The van der Waals surface area contributed by atoms with Gasteiger partial charge in [0.25, 0.3) is 0 Å². The number of benzene rings is 1. The van der Waals surface area contributed by atoms with Crippen molar-refractivity contribution in [3.05, 3.63) is 42.5 Å². The average Bonchev–Trinajstić information content (AvgIpc) is 1.90. The molecule has 1 aromatic rings. The third kappa shape index (κ3) is 2.49. The molecule has 1 heteroatoms. The second-order valence-corrected chi connectivity index (χ2v) is 1.58. The summed E-state index contributed by atoms with van der Waals surface area (Å²) >= 11 is 0. The first-order valence-corrected chi connectivity index (χ1v) is 2.53. The zero-order valence-corrected chi connectivity index (χ0v) is 5.92. The molecule has 0 spiro atoms. The Morgan fingerprint density at radius 1 is 1.11 bits per heavy atom. The standard InChI is InChI=1S/C8H7.Co/c1-2-8-6-4-3-5-7-8;/h1-7H;/q-1;. The third-order valence-corrected chi connectivity index (χ3v) is 0.992. The Kier molecular flexibility index (Phi) is 4.10. The normalized spacial score (nSPS) is 7.56. The summed E-state index contributed by atoms with van der Waals surface area (Å²) in [6, 6.07) is 9.80. The molecule has 1 radical (unpaired) electrons. The summed E-state index contributed by atoms with van der Waals surface area (Å²) in [7, 11) is 0. The van der Waals surface area contributed by atoms with Gasteiger partial charge in [0.1, 0.15) is 0 Å². The Labute approximate surface area is 65.8 Å². The van der Waals surface area contributed by atoms with Crippen LogP contribution in [0, 0.1) is 6.58 Å². The summed E-state index contributed by atoms with van der Waals surface area (Å²) in [5.74, 6) is 0. The van der Waals surface area contributed by atoms with Gasteiger partial charge < -0.3 is 0 Å². The van der Waals surface area contributed by atoms with Crippen LogP contribution in [-0.4, -0.2) is 0 Å². The maximum Gasteiger partial charge on any atom is 0 e. The van der Waals surface area contributed by atoms with E-state index in [4.69, 9.17) is 6.58 Å². The van der Waals surface area contributed by atoms with Gasteiger partial charge in [-0.2, -0.15) is 5.56 Å². The molecule has 0 aliphatic heterocycles. The van der Waals surface area contributed by atoms with Crippen LogP contribution in [0.5, 0.6) is 0 Å². The Bertz CT molecular complexity index is 167. The predicted molar refractivity (Wildman–Crippen MR) is 35.2 cm³/mol. The van der Waals surface area contributed by atoms with Gasteiger partial charge in [0.15, 0.2) is 0 Å². The van der Waals surface area contributed by atoms with Crippen molar-refractivity contribution in [2.45, 2.75) is 0 Å². The molecular weight excluding hydrogens is 155 g/mol. The Morgan fingerprint density at radius 3 is 2.00 bits per heavy atom. The monoisotopic (exact) mass is 162 g/mol. The van der Waals surface area contributed by atoms with Gasteiger partial charge in [-0.15, -0.1) is 12.1 Å². The quantitative estimate of drug-likeness (QED) is 0.555. The molecule has 49 valence electrons. The first-order valence-electron chi connectivity index (χ1n) is 2.53. The number of hydrogen-bond donors (Lipinski definition) is 0. The Hall–Kier alpha value is -0.534. The minimum absolute atomic E-state index is 0. The SMILES string of the molecule is [CH-]=Cc1ccccc1.[Co]. The van der Waals surface area contributed by atoms with Crippen LogP contribution in [0.2, 0.25) is 0 Å². The smallest absolute Gasteiger partial charge is 0 e. The van der Waals surface area contributed by atoms with Gasteiger partial charge in [-0.05, 0) is 0 Å². The maximum absolute atomic E-state index is 5.22. The van der Waals surface area contributed by atoms with E-state index in [0.717, 1.165) is 5.56 Å². The van der Waals surface area contributed by atoms with Crippen molar-refractivity contribution in [2.75, 3.05) is 0 Å². The summed E-state index contributed by atoms with van der Waals surface area (Å²) in [4.78, 5) is 0. The van der Waals surface area contributed by atoms with Crippen LogP contribution in [-0.2, 0) is 16.8 Å². The zero-order chi connectivity index (χ0) is 5.82. The third-order valence-electron chi connectivity index (χ3n) is 0.992. The fourth-order valence-corrected chi connectivity index (χ4v) is 0.564. The fraction of sp³-hybridized carbons (Fsp3) is 0. The Balaban J connectivity index is 0.000000640. The molecule has 0 heterocycles. The summed E-state index contributed by atoms with van der Waals surface area (Å²) in [5, 5.41) is 0. The van der Waals surface area contributed by atoms with Gasteiger partial charge in [-0.25, -0.2) is 6.08 Å². The van der Waals surface area contributed by atoms with Crippen LogP contribution in [0.1, 0.15) is 5.56 Å². The molecule has 0 aliphatic carbocycles. The van der Waals surface area contributed by atoms with Crippen molar-refractivity contribution >= 4 is 6.08 Å². The predicted octanol–water partition coefficient (Wildman–Crippen LogP) is 2.13. The van der Waals surface area contributed by atoms with E-state index in [1.54, 1.807) is 6.08 Å². The van der Waals surface area contributed by atoms with Crippen molar-refractivity contribution in [1.29, 1.82) is 0 Å². The molecule has 0 aliphatic rings. The van der Waals surface area contributed by atoms with Crippen LogP contribution >= 0.6 is 0 Å².